The van der Waals surface area contributed by atoms with Gasteiger partial charge in [0.25, 0.3) is 0 Å². The summed E-state index contributed by atoms with van der Waals surface area (Å²) in [7, 11) is -3.51. The normalized spacial score (nSPS) is 13.1. The number of aryl methyl sites for hydroxylation is 2. The third kappa shape index (κ3) is 8.38. The van der Waals surface area contributed by atoms with E-state index >= 15 is 0 Å². The molecule has 0 saturated heterocycles. The first kappa shape index (κ1) is 28.4. The number of benzene rings is 2. The number of carbonyl (C=O) groups is 2. The Bertz CT molecular complexity index is 1120. The standard InChI is InChI=1S/C27H39N3O4S/c1-7-22(4)28-27(32)23(5)29(19-24-14-9-8-13-21(24)3)26(31)16-11-17-30(35(6,33)34)25-15-10-12-20(2)18-25/h8-10,12-15,18,22-23H,7,11,16-17,19H2,1-6H3,(H,28,32)/t22-,23-/m0/s1. The van der Waals surface area contributed by atoms with Gasteiger partial charge in [-0.2, -0.15) is 0 Å². The van der Waals surface area contributed by atoms with Gasteiger partial charge in [0.2, 0.25) is 21.8 Å². The van der Waals surface area contributed by atoms with Crippen molar-refractivity contribution < 1.29 is 18.0 Å². The van der Waals surface area contributed by atoms with Gasteiger partial charge in [-0.25, -0.2) is 8.42 Å². The van der Waals surface area contributed by atoms with Crippen LogP contribution >= 0.6 is 0 Å². The average Bonchev–Trinajstić information content (AvgIpc) is 2.79. The van der Waals surface area contributed by atoms with Gasteiger partial charge in [0.1, 0.15) is 6.04 Å². The molecule has 192 valence electrons. The van der Waals surface area contributed by atoms with Gasteiger partial charge >= 0.3 is 0 Å². The second-order valence-corrected chi connectivity index (χ2v) is 11.1. The minimum Gasteiger partial charge on any atom is -0.352 e. The lowest BCUT2D eigenvalue weighted by molar-refractivity contribution is -0.140. The van der Waals surface area contributed by atoms with E-state index < -0.39 is 16.1 Å². The maximum atomic E-state index is 13.4. The summed E-state index contributed by atoms with van der Waals surface area (Å²) in [5.41, 5.74) is 3.56. The third-order valence-electron chi connectivity index (χ3n) is 6.21. The summed E-state index contributed by atoms with van der Waals surface area (Å²) in [6, 6.07) is 14.4. The lowest BCUT2D eigenvalue weighted by Gasteiger charge is -2.30. The molecule has 0 fully saturated rings. The van der Waals surface area contributed by atoms with Crippen LogP contribution in [0, 0.1) is 13.8 Å². The van der Waals surface area contributed by atoms with E-state index in [0.717, 1.165) is 23.1 Å². The van der Waals surface area contributed by atoms with E-state index in [9.17, 15) is 18.0 Å². The van der Waals surface area contributed by atoms with E-state index in [1.54, 1.807) is 17.9 Å². The first-order valence-corrected chi connectivity index (χ1v) is 14.0. The van der Waals surface area contributed by atoms with Gasteiger partial charge in [-0.05, 0) is 69.4 Å². The highest BCUT2D eigenvalue weighted by Gasteiger charge is 2.27. The monoisotopic (exact) mass is 501 g/mol. The molecule has 0 radical (unpaired) electrons. The van der Waals surface area contributed by atoms with Gasteiger partial charge in [-0.1, -0.05) is 43.3 Å². The highest BCUT2D eigenvalue weighted by molar-refractivity contribution is 7.92. The van der Waals surface area contributed by atoms with Crippen LogP contribution in [0.4, 0.5) is 5.69 Å². The van der Waals surface area contributed by atoms with Crippen LogP contribution in [0.15, 0.2) is 48.5 Å². The quantitative estimate of drug-likeness (QED) is 0.473. The van der Waals surface area contributed by atoms with Crippen molar-refractivity contribution in [1.82, 2.24) is 10.2 Å². The number of nitrogens with zero attached hydrogens (tertiary/aromatic N) is 2. The summed E-state index contributed by atoms with van der Waals surface area (Å²) in [4.78, 5) is 27.8. The van der Waals surface area contributed by atoms with Gasteiger partial charge in [0.05, 0.1) is 11.9 Å². The Kier molecular flexibility index (Phi) is 10.3. The molecule has 2 aromatic carbocycles. The van der Waals surface area contributed by atoms with Crippen molar-refractivity contribution in [2.45, 2.75) is 72.5 Å². The van der Waals surface area contributed by atoms with E-state index in [0.29, 0.717) is 18.7 Å². The van der Waals surface area contributed by atoms with Crippen LogP contribution in [0.1, 0.15) is 56.7 Å². The van der Waals surface area contributed by atoms with E-state index in [2.05, 4.69) is 5.32 Å². The van der Waals surface area contributed by atoms with Gasteiger partial charge in [0, 0.05) is 25.6 Å². The van der Waals surface area contributed by atoms with E-state index in [-0.39, 0.29) is 30.8 Å². The maximum Gasteiger partial charge on any atom is 0.242 e. The number of amides is 2. The van der Waals surface area contributed by atoms with Crippen LogP contribution in [-0.4, -0.2) is 50.0 Å². The molecule has 0 aliphatic heterocycles. The van der Waals surface area contributed by atoms with Gasteiger partial charge in [-0.15, -0.1) is 0 Å². The van der Waals surface area contributed by atoms with Crippen LogP contribution in [0.5, 0.6) is 0 Å². The van der Waals surface area contributed by atoms with Gasteiger partial charge in [0.15, 0.2) is 0 Å². The number of hydrogen-bond acceptors (Lipinski definition) is 4. The highest BCUT2D eigenvalue weighted by atomic mass is 32.2. The van der Waals surface area contributed by atoms with Crippen molar-refractivity contribution in [2.24, 2.45) is 0 Å². The molecule has 2 aromatic rings. The van der Waals surface area contributed by atoms with E-state index in [1.807, 2.05) is 70.2 Å². The average molecular weight is 502 g/mol. The number of hydrogen-bond donors (Lipinski definition) is 1. The molecule has 1 N–H and O–H groups in total. The van der Waals surface area contributed by atoms with Crippen molar-refractivity contribution in [1.29, 1.82) is 0 Å². The second-order valence-electron chi connectivity index (χ2n) is 9.22. The molecule has 0 aliphatic rings. The molecule has 0 saturated carbocycles. The molecule has 0 aliphatic carbocycles. The molecule has 8 heteroatoms. The first-order valence-electron chi connectivity index (χ1n) is 12.1. The van der Waals surface area contributed by atoms with Crippen molar-refractivity contribution in [2.75, 3.05) is 17.1 Å². The summed E-state index contributed by atoms with van der Waals surface area (Å²) in [6.07, 6.45) is 2.43. The Morgan fingerprint density at radius 3 is 2.31 bits per heavy atom. The SMILES string of the molecule is CC[C@H](C)NC(=O)[C@H](C)N(Cc1ccccc1C)C(=O)CCCN(c1cccc(C)c1)S(C)(=O)=O. The zero-order chi connectivity index (χ0) is 26.2. The molecule has 2 atom stereocenters. The van der Waals surface area contributed by atoms with Crippen LogP contribution < -0.4 is 9.62 Å². The molecule has 0 heterocycles. The first-order chi connectivity index (χ1) is 16.4. The fourth-order valence-corrected chi connectivity index (χ4v) is 4.76. The molecular weight excluding hydrogens is 462 g/mol. The summed E-state index contributed by atoms with van der Waals surface area (Å²) < 4.78 is 26.2. The summed E-state index contributed by atoms with van der Waals surface area (Å²) >= 11 is 0. The van der Waals surface area contributed by atoms with Crippen LogP contribution in [0.3, 0.4) is 0 Å². The Labute approximate surface area is 210 Å². The van der Waals surface area contributed by atoms with Crippen molar-refractivity contribution in [3.63, 3.8) is 0 Å². The van der Waals surface area contributed by atoms with Crippen molar-refractivity contribution in [3.05, 3.63) is 65.2 Å². The van der Waals surface area contributed by atoms with Crippen molar-refractivity contribution in [3.8, 4) is 0 Å². The molecule has 2 rings (SSSR count). The fourth-order valence-electron chi connectivity index (χ4n) is 3.81. The molecule has 0 bridgehead atoms. The van der Waals surface area contributed by atoms with Crippen LogP contribution in [-0.2, 0) is 26.2 Å². The second kappa shape index (κ2) is 12.7. The number of nitrogens with one attached hydrogen (secondary N) is 1. The Hall–Kier alpha value is -2.87. The predicted molar refractivity (Wildman–Crippen MR) is 142 cm³/mol. The summed E-state index contributed by atoms with van der Waals surface area (Å²) in [5.74, 6) is -0.378. The Balaban J connectivity index is 2.19. The molecule has 0 spiro atoms. The van der Waals surface area contributed by atoms with Gasteiger partial charge < -0.3 is 10.2 Å². The fraction of sp³-hybridized carbons (Fsp3) is 0.481. The lowest BCUT2D eigenvalue weighted by atomic mass is 10.1. The Morgan fingerprint density at radius 1 is 1.03 bits per heavy atom. The van der Waals surface area contributed by atoms with Crippen LogP contribution in [0.2, 0.25) is 0 Å². The summed E-state index contributed by atoms with van der Waals surface area (Å²) in [5, 5.41) is 2.97. The number of anilines is 1. The van der Waals surface area contributed by atoms with Crippen LogP contribution in [0.25, 0.3) is 0 Å². The molecule has 7 nitrogen and oxygen atoms in total. The minimum atomic E-state index is -3.51. The molecular formula is C27H39N3O4S. The minimum absolute atomic E-state index is 0.0120. The molecule has 0 aromatic heterocycles. The zero-order valence-electron chi connectivity index (χ0n) is 21.7. The van der Waals surface area contributed by atoms with Gasteiger partial charge in [-0.3, -0.25) is 13.9 Å². The largest absolute Gasteiger partial charge is 0.352 e. The van der Waals surface area contributed by atoms with E-state index in [4.69, 9.17) is 0 Å². The molecule has 0 unspecified atom stereocenters. The zero-order valence-corrected chi connectivity index (χ0v) is 22.6. The highest BCUT2D eigenvalue weighted by Crippen LogP contribution is 2.20. The Morgan fingerprint density at radius 2 is 1.71 bits per heavy atom. The maximum absolute atomic E-state index is 13.4. The lowest BCUT2D eigenvalue weighted by Crippen LogP contribution is -2.49. The number of rotatable bonds is 12. The number of carbonyl (C=O) groups excluding carboxylic acids is 2. The smallest absolute Gasteiger partial charge is 0.242 e. The predicted octanol–water partition coefficient (Wildman–Crippen LogP) is 4.18. The van der Waals surface area contributed by atoms with Crippen molar-refractivity contribution >= 4 is 27.5 Å². The molecule has 2 amide bonds. The topological polar surface area (TPSA) is 86.8 Å². The van der Waals surface area contributed by atoms with E-state index in [1.165, 1.54) is 10.6 Å². The number of sulfonamides is 1. The molecule has 35 heavy (non-hydrogen) atoms. The third-order valence-corrected chi connectivity index (χ3v) is 7.41. The summed E-state index contributed by atoms with van der Waals surface area (Å²) in [6.45, 7) is 10.0.